The maximum Gasteiger partial charge on any atom is 0.122 e. The van der Waals surface area contributed by atoms with Crippen LogP contribution in [0.25, 0.3) is 0 Å². The van der Waals surface area contributed by atoms with Crippen molar-refractivity contribution in [2.24, 2.45) is 0 Å². The van der Waals surface area contributed by atoms with Crippen molar-refractivity contribution >= 4 is 0 Å². The van der Waals surface area contributed by atoms with Gasteiger partial charge in [0.05, 0.1) is 13.2 Å². The van der Waals surface area contributed by atoms with Crippen LogP contribution in [0.15, 0.2) is 48.5 Å². The molecule has 0 spiro atoms. The molecule has 0 bridgehead atoms. The Morgan fingerprint density at radius 1 is 1.05 bits per heavy atom. The molecule has 0 fully saturated rings. The van der Waals surface area contributed by atoms with Crippen LogP contribution in [0.4, 0.5) is 0 Å². The molecule has 2 rings (SSSR count). The van der Waals surface area contributed by atoms with Crippen LogP contribution < -0.4 is 4.74 Å². The van der Waals surface area contributed by atoms with E-state index in [9.17, 15) is 5.11 Å². The molecule has 2 nitrogen and oxygen atoms in total. The second kappa shape index (κ2) is 8.60. The lowest BCUT2D eigenvalue weighted by Crippen LogP contribution is -2.01. The fourth-order valence-corrected chi connectivity index (χ4v) is 2.70. The lowest BCUT2D eigenvalue weighted by Gasteiger charge is -2.14. The Bertz CT molecular complexity index is 563. The molecule has 0 heterocycles. The molecular weight excluding hydrogens is 272 g/mol. The zero-order chi connectivity index (χ0) is 15.8. The largest absolute Gasteiger partial charge is 0.496 e. The van der Waals surface area contributed by atoms with Gasteiger partial charge in [0.25, 0.3) is 0 Å². The SMILES string of the molecule is CCCCc1ccc(OC)c(CC[C@H](O)c2ccccc2)c1. The maximum atomic E-state index is 10.3. The van der Waals surface area contributed by atoms with Crippen molar-refractivity contribution in [1.29, 1.82) is 0 Å². The highest BCUT2D eigenvalue weighted by Gasteiger charge is 2.10. The summed E-state index contributed by atoms with van der Waals surface area (Å²) in [6.07, 6.45) is 4.61. The number of hydrogen-bond acceptors (Lipinski definition) is 2. The second-order valence-corrected chi connectivity index (χ2v) is 5.71. The first-order chi connectivity index (χ1) is 10.7. The third kappa shape index (κ3) is 4.60. The molecule has 0 aliphatic rings. The summed E-state index contributed by atoms with van der Waals surface area (Å²) in [5.41, 5.74) is 3.52. The highest BCUT2D eigenvalue weighted by Crippen LogP contribution is 2.25. The summed E-state index contributed by atoms with van der Waals surface area (Å²) in [5, 5.41) is 10.3. The minimum Gasteiger partial charge on any atom is -0.496 e. The smallest absolute Gasteiger partial charge is 0.122 e. The molecule has 0 amide bonds. The summed E-state index contributed by atoms with van der Waals surface area (Å²) in [7, 11) is 1.71. The van der Waals surface area contributed by atoms with Crippen LogP contribution in [-0.4, -0.2) is 12.2 Å². The van der Waals surface area contributed by atoms with Gasteiger partial charge in [-0.3, -0.25) is 0 Å². The average Bonchev–Trinajstić information content (AvgIpc) is 2.58. The fraction of sp³-hybridized carbons (Fsp3) is 0.400. The van der Waals surface area contributed by atoms with Crippen molar-refractivity contribution in [3.05, 3.63) is 65.2 Å². The monoisotopic (exact) mass is 298 g/mol. The Labute approximate surface area is 133 Å². The van der Waals surface area contributed by atoms with E-state index in [2.05, 4.69) is 25.1 Å². The number of unbranched alkanes of at least 4 members (excludes halogenated alkanes) is 1. The predicted octanol–water partition coefficient (Wildman–Crippen LogP) is 4.70. The fourth-order valence-electron chi connectivity index (χ4n) is 2.70. The molecule has 0 unspecified atom stereocenters. The summed E-state index contributed by atoms with van der Waals surface area (Å²) in [6, 6.07) is 16.3. The number of aliphatic hydroxyl groups excluding tert-OH is 1. The molecule has 118 valence electrons. The molecular formula is C20H26O2. The highest BCUT2D eigenvalue weighted by molar-refractivity contribution is 5.37. The minimum absolute atomic E-state index is 0.426. The molecule has 2 aromatic carbocycles. The molecule has 22 heavy (non-hydrogen) atoms. The standard InChI is InChI=1S/C20H26O2/c1-3-4-8-16-11-14-20(22-2)18(15-16)12-13-19(21)17-9-6-5-7-10-17/h5-7,9-11,14-15,19,21H,3-4,8,12-13H2,1-2H3/t19-/m0/s1. The van der Waals surface area contributed by atoms with Gasteiger partial charge in [-0.25, -0.2) is 0 Å². The van der Waals surface area contributed by atoms with Gasteiger partial charge in [-0.2, -0.15) is 0 Å². The number of ether oxygens (including phenoxy) is 1. The van der Waals surface area contributed by atoms with Crippen LogP contribution in [0.2, 0.25) is 0 Å². The van der Waals surface area contributed by atoms with E-state index in [0.29, 0.717) is 6.42 Å². The Kier molecular flexibility index (Phi) is 6.47. The Morgan fingerprint density at radius 2 is 1.82 bits per heavy atom. The van der Waals surface area contributed by atoms with Gasteiger partial charge in [0, 0.05) is 0 Å². The van der Waals surface area contributed by atoms with Crippen LogP contribution in [-0.2, 0) is 12.8 Å². The van der Waals surface area contributed by atoms with Crippen LogP contribution in [0.5, 0.6) is 5.75 Å². The summed E-state index contributed by atoms with van der Waals surface area (Å²) >= 11 is 0. The first kappa shape index (κ1) is 16.6. The van der Waals surface area contributed by atoms with E-state index in [0.717, 1.165) is 24.2 Å². The van der Waals surface area contributed by atoms with E-state index in [1.807, 2.05) is 30.3 Å². The van der Waals surface area contributed by atoms with Crippen molar-refractivity contribution in [3.8, 4) is 5.75 Å². The van der Waals surface area contributed by atoms with Gasteiger partial charge in [-0.05, 0) is 48.4 Å². The van der Waals surface area contributed by atoms with Crippen molar-refractivity contribution in [1.82, 2.24) is 0 Å². The van der Waals surface area contributed by atoms with Crippen LogP contribution in [0, 0.1) is 0 Å². The van der Waals surface area contributed by atoms with E-state index in [4.69, 9.17) is 4.74 Å². The van der Waals surface area contributed by atoms with Crippen molar-refractivity contribution in [3.63, 3.8) is 0 Å². The van der Waals surface area contributed by atoms with Gasteiger partial charge in [0.1, 0.15) is 5.75 Å². The van der Waals surface area contributed by atoms with E-state index >= 15 is 0 Å². The first-order valence-corrected chi connectivity index (χ1v) is 8.13. The molecule has 0 aliphatic carbocycles. The third-order valence-electron chi connectivity index (χ3n) is 4.04. The molecule has 1 atom stereocenters. The van der Waals surface area contributed by atoms with Gasteiger partial charge in [0.2, 0.25) is 0 Å². The normalized spacial score (nSPS) is 12.1. The Hall–Kier alpha value is -1.80. The molecule has 2 heteroatoms. The molecule has 0 radical (unpaired) electrons. The molecule has 0 aromatic heterocycles. The van der Waals surface area contributed by atoms with E-state index < -0.39 is 6.10 Å². The number of aryl methyl sites for hydroxylation is 2. The third-order valence-corrected chi connectivity index (χ3v) is 4.04. The molecule has 0 saturated heterocycles. The Balaban J connectivity index is 2.04. The van der Waals surface area contributed by atoms with Gasteiger partial charge < -0.3 is 9.84 Å². The topological polar surface area (TPSA) is 29.5 Å². The summed E-state index contributed by atoms with van der Waals surface area (Å²) in [5.74, 6) is 0.917. The molecule has 1 N–H and O–H groups in total. The van der Waals surface area contributed by atoms with Crippen LogP contribution in [0.3, 0.4) is 0 Å². The average molecular weight is 298 g/mol. The first-order valence-electron chi connectivity index (χ1n) is 8.13. The zero-order valence-electron chi connectivity index (χ0n) is 13.6. The molecule has 0 aliphatic heterocycles. The van der Waals surface area contributed by atoms with Gasteiger partial charge in [-0.15, -0.1) is 0 Å². The summed E-state index contributed by atoms with van der Waals surface area (Å²) < 4.78 is 5.46. The minimum atomic E-state index is -0.426. The van der Waals surface area contributed by atoms with Gasteiger partial charge in [-0.1, -0.05) is 55.8 Å². The van der Waals surface area contributed by atoms with Gasteiger partial charge >= 0.3 is 0 Å². The van der Waals surface area contributed by atoms with E-state index in [-0.39, 0.29) is 0 Å². The van der Waals surface area contributed by atoms with Gasteiger partial charge in [0.15, 0.2) is 0 Å². The number of benzene rings is 2. The van der Waals surface area contributed by atoms with E-state index in [1.165, 1.54) is 24.0 Å². The molecule has 2 aromatic rings. The van der Waals surface area contributed by atoms with Crippen molar-refractivity contribution in [2.75, 3.05) is 7.11 Å². The van der Waals surface area contributed by atoms with Crippen LogP contribution >= 0.6 is 0 Å². The highest BCUT2D eigenvalue weighted by atomic mass is 16.5. The summed E-state index contributed by atoms with van der Waals surface area (Å²) in [6.45, 7) is 2.21. The van der Waals surface area contributed by atoms with Crippen LogP contribution in [0.1, 0.15) is 49.0 Å². The lowest BCUT2D eigenvalue weighted by molar-refractivity contribution is 0.167. The second-order valence-electron chi connectivity index (χ2n) is 5.71. The number of rotatable bonds is 8. The summed E-state index contributed by atoms with van der Waals surface area (Å²) in [4.78, 5) is 0. The van der Waals surface area contributed by atoms with E-state index in [1.54, 1.807) is 7.11 Å². The quantitative estimate of drug-likeness (QED) is 0.765. The lowest BCUT2D eigenvalue weighted by atomic mass is 9.98. The number of hydrogen-bond donors (Lipinski definition) is 1. The maximum absolute atomic E-state index is 10.3. The number of aliphatic hydroxyl groups is 1. The molecule has 0 saturated carbocycles. The number of methoxy groups -OCH3 is 1. The zero-order valence-corrected chi connectivity index (χ0v) is 13.6. The Morgan fingerprint density at radius 3 is 2.50 bits per heavy atom. The van der Waals surface area contributed by atoms with Crippen molar-refractivity contribution in [2.45, 2.75) is 45.1 Å². The predicted molar refractivity (Wildman–Crippen MR) is 91.3 cm³/mol. The van der Waals surface area contributed by atoms with Crippen molar-refractivity contribution < 1.29 is 9.84 Å².